The molecule has 1 saturated heterocycles. The monoisotopic (exact) mass is 1090 g/mol. The lowest BCUT2D eigenvalue weighted by Crippen LogP contribution is -2.58. The van der Waals surface area contributed by atoms with Gasteiger partial charge in [0, 0.05) is 11.3 Å². The smallest absolute Gasteiger partial charge is 0.312 e. The molecule has 1 heterocycles. The summed E-state index contributed by atoms with van der Waals surface area (Å²) in [7, 11) is 1.42. The van der Waals surface area contributed by atoms with Crippen molar-refractivity contribution in [1.82, 2.24) is 0 Å². The van der Waals surface area contributed by atoms with Crippen LogP contribution >= 0.6 is 0 Å². The molecule has 12 heteroatoms. The Morgan fingerprint density at radius 2 is 0.792 bits per heavy atom. The quantitative estimate of drug-likeness (QED) is 0.100. The van der Waals surface area contributed by atoms with Gasteiger partial charge in [0.2, 0.25) is 0 Å². The lowest BCUT2D eigenvalue weighted by atomic mass is 9.46. The van der Waals surface area contributed by atoms with Crippen LogP contribution in [0.15, 0.2) is 0 Å². The molecule has 1 aliphatic heterocycles. The lowest BCUT2D eigenvalue weighted by molar-refractivity contribution is -0.206. The van der Waals surface area contributed by atoms with Gasteiger partial charge >= 0.3 is 35.8 Å². The van der Waals surface area contributed by atoms with Gasteiger partial charge in [0.1, 0.15) is 22.4 Å². The summed E-state index contributed by atoms with van der Waals surface area (Å²) in [4.78, 5) is 70.7. The molecule has 0 amide bonds. The molecule has 77 heavy (non-hydrogen) atoms. The number of hydrogen-bond donors (Lipinski definition) is 0. The zero-order valence-corrected chi connectivity index (χ0v) is 54.0. The molecule has 0 aromatic carbocycles. The van der Waals surface area contributed by atoms with Crippen molar-refractivity contribution in [2.24, 2.45) is 73.9 Å². The largest absolute Gasteiger partial charge is 0.469 e. The maximum Gasteiger partial charge on any atom is 0.312 e. The third kappa shape index (κ3) is 19.5. The van der Waals surface area contributed by atoms with E-state index in [2.05, 4.69) is 25.5 Å². The molecule has 0 N–H and O–H groups in total. The Bertz CT molecular complexity index is 1900. The lowest BCUT2D eigenvalue weighted by Gasteiger charge is -2.61. The van der Waals surface area contributed by atoms with Gasteiger partial charge in [0.15, 0.2) is 0 Å². The van der Waals surface area contributed by atoms with Gasteiger partial charge in [-0.05, 0) is 264 Å². The van der Waals surface area contributed by atoms with E-state index in [0.29, 0.717) is 30.6 Å². The molecule has 12 nitrogen and oxygen atoms in total. The minimum Gasteiger partial charge on any atom is -0.469 e. The summed E-state index contributed by atoms with van der Waals surface area (Å²) in [6, 6.07) is 0. The Hall–Kier alpha value is -3.18. The topological polar surface area (TPSA) is 158 Å². The summed E-state index contributed by atoms with van der Waals surface area (Å²) in [5.74, 6) is 4.62. The molecular formula is C65H116O12. The molecule has 7 aliphatic rings. The van der Waals surface area contributed by atoms with E-state index in [1.807, 2.05) is 145 Å². The fourth-order valence-corrected chi connectivity index (χ4v) is 11.5. The molecule has 448 valence electrons. The van der Waals surface area contributed by atoms with Crippen LogP contribution < -0.4 is 0 Å². The van der Waals surface area contributed by atoms with Gasteiger partial charge in [-0.3, -0.25) is 28.8 Å². The minimum absolute atomic E-state index is 0.00857. The van der Waals surface area contributed by atoms with Crippen molar-refractivity contribution in [3.63, 3.8) is 0 Å². The number of rotatable bonds is 17. The van der Waals surface area contributed by atoms with Crippen LogP contribution in [0, 0.1) is 73.9 Å². The fraction of sp³-hybridized carbons (Fsp3) is 0.908. The average Bonchev–Trinajstić information content (AvgIpc) is 4.06. The molecule has 6 bridgehead atoms. The van der Waals surface area contributed by atoms with Gasteiger partial charge < -0.3 is 28.4 Å². The van der Waals surface area contributed by atoms with Crippen LogP contribution in [0.25, 0.3) is 0 Å². The maximum absolute atomic E-state index is 12.6. The fourth-order valence-electron chi connectivity index (χ4n) is 11.5. The summed E-state index contributed by atoms with van der Waals surface area (Å²) >= 11 is 0. The highest BCUT2D eigenvalue weighted by Crippen LogP contribution is 2.64. The van der Waals surface area contributed by atoms with Crippen LogP contribution in [0.1, 0.15) is 269 Å². The minimum atomic E-state index is -0.590. The van der Waals surface area contributed by atoms with Crippen molar-refractivity contribution in [3.05, 3.63) is 0 Å². The third-order valence-corrected chi connectivity index (χ3v) is 19.3. The average molecular weight is 1090 g/mol. The van der Waals surface area contributed by atoms with Crippen molar-refractivity contribution >= 4 is 35.8 Å². The molecule has 0 radical (unpaired) electrons. The van der Waals surface area contributed by atoms with Crippen LogP contribution in [0.4, 0.5) is 0 Å². The summed E-state index contributed by atoms with van der Waals surface area (Å²) in [6.07, 6.45) is 17.3. The van der Waals surface area contributed by atoms with E-state index in [4.69, 9.17) is 23.7 Å². The van der Waals surface area contributed by atoms with E-state index < -0.39 is 22.0 Å². The number of methoxy groups -OCH3 is 1. The van der Waals surface area contributed by atoms with Gasteiger partial charge in [-0.15, -0.1) is 0 Å². The number of carbonyl (C=O) groups excluding carboxylic acids is 6. The van der Waals surface area contributed by atoms with Crippen molar-refractivity contribution in [1.29, 1.82) is 0 Å². The zero-order chi connectivity index (χ0) is 59.8. The molecule has 0 spiro atoms. The summed E-state index contributed by atoms with van der Waals surface area (Å²) < 4.78 is 32.4. The number of hydrogen-bond acceptors (Lipinski definition) is 12. The highest BCUT2D eigenvalue weighted by atomic mass is 16.6. The van der Waals surface area contributed by atoms with Crippen LogP contribution in [0.2, 0.25) is 0 Å². The van der Waals surface area contributed by atoms with Gasteiger partial charge in [-0.25, -0.2) is 0 Å². The van der Waals surface area contributed by atoms with E-state index in [0.717, 1.165) is 62.4 Å². The normalized spacial score (nSPS) is 25.6. The first-order chi connectivity index (χ1) is 34.8. The number of cyclic esters (lactones) is 1. The predicted molar refractivity (Wildman–Crippen MR) is 307 cm³/mol. The Labute approximate surface area is 470 Å². The van der Waals surface area contributed by atoms with Crippen LogP contribution in [0.3, 0.4) is 0 Å². The molecule has 4 atom stereocenters. The van der Waals surface area contributed by atoms with Crippen LogP contribution in [-0.2, 0) is 57.2 Å². The van der Waals surface area contributed by atoms with Crippen molar-refractivity contribution in [2.75, 3.05) is 13.7 Å². The molecule has 6 aliphatic carbocycles. The number of fused-ring (bicyclic) bond motifs is 5. The first kappa shape index (κ1) is 69.9. The molecule has 0 aromatic heterocycles. The van der Waals surface area contributed by atoms with Crippen molar-refractivity contribution < 1.29 is 57.2 Å². The van der Waals surface area contributed by atoms with Crippen LogP contribution in [0.5, 0.6) is 0 Å². The second-order valence-electron chi connectivity index (χ2n) is 30.2. The highest BCUT2D eigenvalue weighted by molar-refractivity contribution is 5.78. The standard InChI is InChI=1S/C20H38O4.C19H32O2.C10H20O2.C9H12O2.C7H14O2/c1-11-17(3,4)15(21)23-19(7,8)13-14-20(9,10)24-16(22)18(5,6)12-2;1-6-17(2,3)16(20)21-18(4,5)19-10-13-7-14(11-19)9-15(8-13)12-19;1-7-10(5,6)8(11)12-9(2,3)4;10-9-8-6-2-1-5(3-6)7(8)4-11-9;1-5-7(2,3)6(8)9-4/h11-14H2,1-10H3;13-15H,6-12H2,1-5H3;7H2,1-6H3;5-8H,1-4H2;5H2,1-4H3. The summed E-state index contributed by atoms with van der Waals surface area (Å²) in [5, 5.41) is 0. The molecule has 4 unspecified atom stereocenters. The number of esters is 6. The van der Waals surface area contributed by atoms with E-state index in [9.17, 15) is 28.8 Å². The van der Waals surface area contributed by atoms with Crippen LogP contribution in [-0.4, -0.2) is 71.9 Å². The van der Waals surface area contributed by atoms with E-state index in [-0.39, 0.29) is 68.7 Å². The summed E-state index contributed by atoms with van der Waals surface area (Å²) in [6.45, 7) is 47.5. The van der Waals surface area contributed by atoms with E-state index in [1.165, 1.54) is 64.9 Å². The van der Waals surface area contributed by atoms with Gasteiger partial charge in [0.25, 0.3) is 0 Å². The van der Waals surface area contributed by atoms with E-state index >= 15 is 0 Å². The number of ether oxygens (including phenoxy) is 6. The van der Waals surface area contributed by atoms with Gasteiger partial charge in [-0.1, -0.05) is 34.6 Å². The van der Waals surface area contributed by atoms with Crippen molar-refractivity contribution in [2.45, 2.75) is 291 Å². The van der Waals surface area contributed by atoms with E-state index in [1.54, 1.807) is 0 Å². The highest BCUT2D eigenvalue weighted by Gasteiger charge is 2.59. The second-order valence-corrected chi connectivity index (χ2v) is 30.2. The zero-order valence-electron chi connectivity index (χ0n) is 54.0. The Kier molecular flexibility index (Phi) is 24.2. The maximum atomic E-state index is 12.6. The summed E-state index contributed by atoms with van der Waals surface area (Å²) in [5.41, 5.74) is -3.60. The molecule has 7 rings (SSSR count). The predicted octanol–water partition coefficient (Wildman–Crippen LogP) is 15.8. The molecular weight excluding hydrogens is 973 g/mol. The van der Waals surface area contributed by atoms with Gasteiger partial charge in [0.05, 0.1) is 46.7 Å². The SMILES string of the molecule is CCC(C)(C)C(=O)OC.CCC(C)(C)C(=O)OC(C)(C)C.CCC(C)(C)C(=O)OC(C)(C)C12CC3CC(CC(C3)C1)C2.CCC(C)(C)C(=O)OC(C)(C)CCC(C)(C)OC(=O)C(C)(C)CC.O=C1OCC2C3CCC(C3)C12. The second kappa shape index (κ2) is 26.6. The Morgan fingerprint density at radius 3 is 1.10 bits per heavy atom. The Balaban J connectivity index is 0.000000345. The third-order valence-electron chi connectivity index (χ3n) is 19.3. The van der Waals surface area contributed by atoms with Crippen molar-refractivity contribution in [3.8, 4) is 0 Å². The first-order valence-corrected chi connectivity index (χ1v) is 30.0. The number of carbonyl (C=O) groups is 6. The molecule has 7 fully saturated rings. The molecule has 6 saturated carbocycles. The Morgan fingerprint density at radius 1 is 0.468 bits per heavy atom. The first-order valence-electron chi connectivity index (χ1n) is 30.0. The van der Waals surface area contributed by atoms with Gasteiger partial charge in [-0.2, -0.15) is 0 Å². The molecule has 0 aromatic rings.